The molecule has 0 aliphatic heterocycles. The van der Waals surface area contributed by atoms with Gasteiger partial charge < -0.3 is 9.47 Å². The highest BCUT2D eigenvalue weighted by Gasteiger charge is 2.18. The number of hydrogen-bond donors (Lipinski definition) is 0. The van der Waals surface area contributed by atoms with Crippen molar-refractivity contribution < 1.29 is 0 Å². The van der Waals surface area contributed by atoms with Crippen molar-refractivity contribution in [1.82, 2.24) is 4.57 Å². The van der Waals surface area contributed by atoms with Crippen LogP contribution in [0.25, 0.3) is 82.1 Å². The molecule has 0 atom stereocenters. The van der Waals surface area contributed by atoms with E-state index >= 15 is 0 Å². The Bertz CT molecular complexity index is 3230. The molecular formula is C54H36N2. The molecule has 11 aromatic rings. The van der Waals surface area contributed by atoms with Gasteiger partial charge in [-0.1, -0.05) is 158 Å². The SMILES string of the molecule is c1ccc(N(c2ccc(-c3ccc4ccccc4c3)cc2)c2ccc(-c3ccc(-n4c5ccccc5c5c6ccccc6ccc54)c4ccccc34)cc2)cc1. The maximum atomic E-state index is 2.45. The van der Waals surface area contributed by atoms with Crippen LogP contribution < -0.4 is 4.90 Å². The molecule has 2 nitrogen and oxygen atoms in total. The van der Waals surface area contributed by atoms with E-state index in [2.05, 4.69) is 228 Å². The summed E-state index contributed by atoms with van der Waals surface area (Å²) < 4.78 is 2.45. The van der Waals surface area contributed by atoms with Crippen LogP contribution in [0.1, 0.15) is 0 Å². The van der Waals surface area contributed by atoms with Gasteiger partial charge in [0.2, 0.25) is 0 Å². The predicted octanol–water partition coefficient (Wildman–Crippen LogP) is 15.0. The van der Waals surface area contributed by atoms with E-state index in [0.29, 0.717) is 0 Å². The zero-order chi connectivity index (χ0) is 37.0. The van der Waals surface area contributed by atoms with Gasteiger partial charge in [0.25, 0.3) is 0 Å². The van der Waals surface area contributed by atoms with Crippen LogP contribution in [0.3, 0.4) is 0 Å². The lowest BCUT2D eigenvalue weighted by Crippen LogP contribution is -2.09. The summed E-state index contributed by atoms with van der Waals surface area (Å²) in [5, 5.41) is 10.1. The molecule has 0 unspecified atom stereocenters. The molecule has 56 heavy (non-hydrogen) atoms. The standard InChI is InChI=1S/C54H36N2/c1-2-15-43(16-3-1)55(44-29-24-38(25-30-44)42-23-22-37-12-4-5-14-41(37)36-42)45-31-26-40(27-32-45)46-33-35-52(49-19-9-8-18-48(46)49)56-51-21-11-10-20-50(51)54-47-17-7-6-13-39(47)28-34-53(54)56/h1-36H. The van der Waals surface area contributed by atoms with Crippen molar-refractivity contribution in [1.29, 1.82) is 0 Å². The zero-order valence-electron chi connectivity index (χ0n) is 30.7. The molecule has 2 heteroatoms. The van der Waals surface area contributed by atoms with Crippen molar-refractivity contribution in [2.75, 3.05) is 4.90 Å². The number of rotatable bonds is 6. The highest BCUT2D eigenvalue weighted by atomic mass is 15.1. The van der Waals surface area contributed by atoms with E-state index in [0.717, 1.165) is 17.1 Å². The molecular weight excluding hydrogens is 677 g/mol. The largest absolute Gasteiger partial charge is 0.311 e. The highest BCUT2D eigenvalue weighted by molar-refractivity contribution is 6.22. The Morgan fingerprint density at radius 1 is 0.304 bits per heavy atom. The number of hydrogen-bond acceptors (Lipinski definition) is 1. The van der Waals surface area contributed by atoms with E-state index in [1.165, 1.54) is 82.1 Å². The molecule has 10 aromatic carbocycles. The van der Waals surface area contributed by atoms with E-state index in [-0.39, 0.29) is 0 Å². The molecule has 0 saturated heterocycles. The van der Waals surface area contributed by atoms with Crippen LogP contribution in [0.2, 0.25) is 0 Å². The monoisotopic (exact) mass is 712 g/mol. The lowest BCUT2D eigenvalue weighted by Gasteiger charge is -2.26. The van der Waals surface area contributed by atoms with Gasteiger partial charge in [0.1, 0.15) is 0 Å². The second-order valence-electron chi connectivity index (χ2n) is 14.5. The first-order chi connectivity index (χ1) is 27.8. The second kappa shape index (κ2) is 13.2. The highest BCUT2D eigenvalue weighted by Crippen LogP contribution is 2.42. The van der Waals surface area contributed by atoms with Crippen LogP contribution in [0, 0.1) is 0 Å². The molecule has 0 bridgehead atoms. The minimum atomic E-state index is 1.11. The fraction of sp³-hybridized carbons (Fsp3) is 0. The van der Waals surface area contributed by atoms with Crippen molar-refractivity contribution in [2.24, 2.45) is 0 Å². The maximum Gasteiger partial charge on any atom is 0.0547 e. The van der Waals surface area contributed by atoms with E-state index in [1.54, 1.807) is 0 Å². The summed E-state index contributed by atoms with van der Waals surface area (Å²) in [5.74, 6) is 0. The predicted molar refractivity (Wildman–Crippen MR) is 239 cm³/mol. The molecule has 0 aliphatic rings. The summed E-state index contributed by atoms with van der Waals surface area (Å²) in [4.78, 5) is 2.33. The molecule has 0 spiro atoms. The van der Waals surface area contributed by atoms with E-state index in [1.807, 2.05) is 0 Å². The van der Waals surface area contributed by atoms with Gasteiger partial charge in [0.05, 0.1) is 16.7 Å². The van der Waals surface area contributed by atoms with Crippen LogP contribution in [-0.4, -0.2) is 4.57 Å². The quantitative estimate of drug-likeness (QED) is 0.167. The van der Waals surface area contributed by atoms with E-state index in [9.17, 15) is 0 Å². The van der Waals surface area contributed by atoms with Gasteiger partial charge >= 0.3 is 0 Å². The van der Waals surface area contributed by atoms with Gasteiger partial charge in [0, 0.05) is 33.2 Å². The van der Waals surface area contributed by atoms with Gasteiger partial charge in [0.15, 0.2) is 0 Å². The van der Waals surface area contributed by atoms with Gasteiger partial charge in [-0.15, -0.1) is 0 Å². The number of para-hydroxylation sites is 2. The molecule has 1 heterocycles. The van der Waals surface area contributed by atoms with Crippen LogP contribution in [0.15, 0.2) is 218 Å². The first-order valence-corrected chi connectivity index (χ1v) is 19.3. The number of fused-ring (bicyclic) bond motifs is 7. The molecule has 0 aliphatic carbocycles. The summed E-state index contributed by atoms with van der Waals surface area (Å²) in [5.41, 5.74) is 11.8. The van der Waals surface area contributed by atoms with Crippen molar-refractivity contribution in [3.63, 3.8) is 0 Å². The van der Waals surface area contributed by atoms with Crippen LogP contribution in [0.5, 0.6) is 0 Å². The normalized spacial score (nSPS) is 11.6. The van der Waals surface area contributed by atoms with Gasteiger partial charge in [-0.3, -0.25) is 0 Å². The Labute approximate surface area is 325 Å². The molecule has 262 valence electrons. The van der Waals surface area contributed by atoms with Crippen LogP contribution >= 0.6 is 0 Å². The van der Waals surface area contributed by atoms with E-state index in [4.69, 9.17) is 0 Å². The average Bonchev–Trinajstić information content (AvgIpc) is 3.61. The van der Waals surface area contributed by atoms with E-state index < -0.39 is 0 Å². The number of aromatic nitrogens is 1. The average molecular weight is 713 g/mol. The minimum absolute atomic E-state index is 1.11. The smallest absolute Gasteiger partial charge is 0.0547 e. The van der Waals surface area contributed by atoms with Gasteiger partial charge in [-0.05, 0) is 110 Å². The summed E-state index contributed by atoms with van der Waals surface area (Å²) in [6.45, 7) is 0. The topological polar surface area (TPSA) is 8.17 Å². The Balaban J connectivity index is 0.992. The molecule has 0 saturated carbocycles. The summed E-state index contributed by atoms with van der Waals surface area (Å²) in [7, 11) is 0. The molecule has 11 rings (SSSR count). The van der Waals surface area contributed by atoms with Gasteiger partial charge in [-0.2, -0.15) is 0 Å². The number of anilines is 3. The Morgan fingerprint density at radius 3 is 1.62 bits per heavy atom. The van der Waals surface area contributed by atoms with Crippen molar-refractivity contribution in [3.8, 4) is 27.9 Å². The Morgan fingerprint density at radius 2 is 0.857 bits per heavy atom. The third-order valence-electron chi connectivity index (χ3n) is 11.4. The number of nitrogens with zero attached hydrogens (tertiary/aromatic N) is 2. The van der Waals surface area contributed by atoms with Gasteiger partial charge in [-0.25, -0.2) is 0 Å². The second-order valence-corrected chi connectivity index (χ2v) is 14.5. The van der Waals surface area contributed by atoms with Crippen LogP contribution in [-0.2, 0) is 0 Å². The minimum Gasteiger partial charge on any atom is -0.311 e. The molecule has 0 fully saturated rings. The van der Waals surface area contributed by atoms with Crippen molar-refractivity contribution in [2.45, 2.75) is 0 Å². The lowest BCUT2D eigenvalue weighted by molar-refractivity contribution is 1.20. The summed E-state index contributed by atoms with van der Waals surface area (Å²) in [6, 6.07) is 79.4. The first-order valence-electron chi connectivity index (χ1n) is 19.3. The summed E-state index contributed by atoms with van der Waals surface area (Å²) >= 11 is 0. The fourth-order valence-electron chi connectivity index (χ4n) is 8.71. The maximum absolute atomic E-state index is 2.45. The molecule has 0 amide bonds. The van der Waals surface area contributed by atoms with Crippen molar-refractivity contribution >= 4 is 71.2 Å². The zero-order valence-corrected chi connectivity index (χ0v) is 30.7. The fourth-order valence-corrected chi connectivity index (χ4v) is 8.71. The molecule has 1 aromatic heterocycles. The summed E-state index contributed by atoms with van der Waals surface area (Å²) in [6.07, 6.45) is 0. The van der Waals surface area contributed by atoms with Crippen molar-refractivity contribution in [3.05, 3.63) is 218 Å². The Hall–Kier alpha value is -7.42. The van der Waals surface area contributed by atoms with Crippen LogP contribution in [0.4, 0.5) is 17.1 Å². The number of benzene rings is 10. The molecule has 0 N–H and O–H groups in total. The first kappa shape index (κ1) is 32.0. The Kier molecular flexibility index (Phi) is 7.53. The third kappa shape index (κ3) is 5.26. The lowest BCUT2D eigenvalue weighted by atomic mass is 9.96. The third-order valence-corrected chi connectivity index (χ3v) is 11.4. The molecule has 0 radical (unpaired) electrons.